The highest BCUT2D eigenvalue weighted by molar-refractivity contribution is 7.19. The molecule has 0 saturated heterocycles. The maximum atomic E-state index is 13.3. The molecule has 5 rings (SSSR count). The Morgan fingerprint density at radius 2 is 2.03 bits per heavy atom. The van der Waals surface area contributed by atoms with Gasteiger partial charge in [-0.1, -0.05) is 30.3 Å². The van der Waals surface area contributed by atoms with Crippen LogP contribution in [-0.2, 0) is 17.8 Å². The van der Waals surface area contributed by atoms with E-state index >= 15 is 0 Å². The highest BCUT2D eigenvalue weighted by atomic mass is 32.1. The number of amides is 1. The molecule has 3 heterocycles. The summed E-state index contributed by atoms with van der Waals surface area (Å²) in [5.41, 5.74) is 3.48. The van der Waals surface area contributed by atoms with E-state index in [0.29, 0.717) is 28.2 Å². The molecule has 8 heteroatoms. The Balaban J connectivity index is 1.58. The zero-order valence-electron chi connectivity index (χ0n) is 17.9. The van der Waals surface area contributed by atoms with Crippen molar-refractivity contribution in [2.75, 3.05) is 18.6 Å². The average Bonchev–Trinajstić information content (AvgIpc) is 3.22. The zero-order chi connectivity index (χ0) is 22.2. The summed E-state index contributed by atoms with van der Waals surface area (Å²) in [6.45, 7) is 2.35. The quantitative estimate of drug-likeness (QED) is 0.476. The van der Waals surface area contributed by atoms with E-state index in [0.717, 1.165) is 34.7 Å². The number of aromatic nitrogens is 3. The Morgan fingerprint density at radius 3 is 2.88 bits per heavy atom. The topological polar surface area (TPSA) is 77.3 Å². The van der Waals surface area contributed by atoms with Gasteiger partial charge in [0.2, 0.25) is 5.91 Å². The van der Waals surface area contributed by atoms with E-state index in [2.05, 4.69) is 10.1 Å². The van der Waals surface area contributed by atoms with Crippen molar-refractivity contribution in [1.82, 2.24) is 14.8 Å². The summed E-state index contributed by atoms with van der Waals surface area (Å²) in [4.78, 5) is 32.6. The van der Waals surface area contributed by atoms with Crippen LogP contribution < -0.4 is 15.2 Å². The molecule has 0 radical (unpaired) electrons. The van der Waals surface area contributed by atoms with Crippen molar-refractivity contribution in [3.8, 4) is 17.0 Å². The Bertz CT molecular complexity index is 1390. The number of benzene rings is 2. The number of nitrogens with zero attached hydrogens (tertiary/aromatic N) is 4. The molecule has 7 nitrogen and oxygen atoms in total. The number of hydrogen-bond donors (Lipinski definition) is 0. The van der Waals surface area contributed by atoms with Gasteiger partial charge < -0.3 is 9.64 Å². The third-order valence-electron chi connectivity index (χ3n) is 5.65. The van der Waals surface area contributed by atoms with Crippen molar-refractivity contribution >= 4 is 33.1 Å². The molecule has 0 N–H and O–H groups in total. The summed E-state index contributed by atoms with van der Waals surface area (Å²) in [5, 5.41) is 5.40. The maximum absolute atomic E-state index is 13.3. The second-order valence-electron chi connectivity index (χ2n) is 7.73. The molecule has 0 spiro atoms. The Kier molecular flexibility index (Phi) is 5.22. The van der Waals surface area contributed by atoms with E-state index in [9.17, 15) is 9.59 Å². The molecular formula is C24H22N4O3S. The van der Waals surface area contributed by atoms with Crippen molar-refractivity contribution in [3.63, 3.8) is 0 Å². The molecule has 0 bridgehead atoms. The first-order valence-electron chi connectivity index (χ1n) is 10.5. The number of carbonyl (C=O) groups is 1. The van der Waals surface area contributed by atoms with E-state index < -0.39 is 0 Å². The van der Waals surface area contributed by atoms with Gasteiger partial charge in [0, 0.05) is 17.8 Å². The normalized spacial score (nSPS) is 13.2. The number of ether oxygens (including phenoxy) is 1. The van der Waals surface area contributed by atoms with Crippen LogP contribution in [0.25, 0.3) is 21.5 Å². The van der Waals surface area contributed by atoms with Gasteiger partial charge in [-0.25, -0.2) is 9.67 Å². The second-order valence-corrected chi connectivity index (χ2v) is 8.93. The molecule has 1 aliphatic heterocycles. The lowest BCUT2D eigenvalue weighted by Gasteiger charge is -2.29. The second kappa shape index (κ2) is 8.20. The van der Waals surface area contributed by atoms with E-state index in [1.807, 2.05) is 55.5 Å². The Hall–Kier alpha value is -3.52. The zero-order valence-corrected chi connectivity index (χ0v) is 18.7. The van der Waals surface area contributed by atoms with Gasteiger partial charge in [-0.2, -0.15) is 5.10 Å². The summed E-state index contributed by atoms with van der Waals surface area (Å²) >= 11 is 1.42. The number of para-hydroxylation sites is 1. The monoisotopic (exact) mass is 446 g/mol. The highest BCUT2D eigenvalue weighted by Gasteiger charge is 2.24. The SMILES string of the molecule is COc1cccc(-c2nn(CC(=O)N3CCCc4ccccc43)c(=O)c3nc(C)sc23)c1. The van der Waals surface area contributed by atoms with E-state index in [-0.39, 0.29) is 18.0 Å². The van der Waals surface area contributed by atoms with Crippen LogP contribution in [0.15, 0.2) is 53.3 Å². The summed E-state index contributed by atoms with van der Waals surface area (Å²) in [6.07, 6.45) is 1.84. The van der Waals surface area contributed by atoms with Gasteiger partial charge in [0.15, 0.2) is 5.52 Å². The molecule has 0 saturated carbocycles. The van der Waals surface area contributed by atoms with E-state index in [1.54, 1.807) is 12.0 Å². The summed E-state index contributed by atoms with van der Waals surface area (Å²) < 4.78 is 7.32. The number of thiazole rings is 1. The first-order valence-corrected chi connectivity index (χ1v) is 11.3. The summed E-state index contributed by atoms with van der Waals surface area (Å²) in [7, 11) is 1.61. The molecule has 1 aliphatic rings. The minimum absolute atomic E-state index is 0.142. The van der Waals surface area contributed by atoms with Crippen LogP contribution >= 0.6 is 11.3 Å². The van der Waals surface area contributed by atoms with Crippen LogP contribution in [0, 0.1) is 6.92 Å². The first kappa shape index (κ1) is 20.4. The fraction of sp³-hybridized carbons (Fsp3) is 0.250. The molecule has 162 valence electrons. The maximum Gasteiger partial charge on any atom is 0.294 e. The van der Waals surface area contributed by atoms with Crippen LogP contribution in [0.1, 0.15) is 17.0 Å². The summed E-state index contributed by atoms with van der Waals surface area (Å²) in [5.74, 6) is 0.534. The fourth-order valence-electron chi connectivity index (χ4n) is 4.14. The van der Waals surface area contributed by atoms with Crippen molar-refractivity contribution in [1.29, 1.82) is 0 Å². The van der Waals surface area contributed by atoms with Gasteiger partial charge in [0.1, 0.15) is 18.0 Å². The predicted octanol–water partition coefficient (Wildman–Crippen LogP) is 3.82. The van der Waals surface area contributed by atoms with Gasteiger partial charge >= 0.3 is 0 Å². The van der Waals surface area contributed by atoms with Gasteiger partial charge in [0.25, 0.3) is 5.56 Å². The molecule has 32 heavy (non-hydrogen) atoms. The Morgan fingerprint density at radius 1 is 1.19 bits per heavy atom. The van der Waals surface area contributed by atoms with Crippen molar-refractivity contribution in [2.24, 2.45) is 0 Å². The smallest absolute Gasteiger partial charge is 0.294 e. The predicted molar refractivity (Wildman–Crippen MR) is 126 cm³/mol. The third-order valence-corrected chi connectivity index (χ3v) is 6.62. The largest absolute Gasteiger partial charge is 0.497 e. The molecule has 2 aromatic carbocycles. The minimum Gasteiger partial charge on any atom is -0.497 e. The van der Waals surface area contributed by atoms with Crippen LogP contribution in [0.2, 0.25) is 0 Å². The lowest BCUT2D eigenvalue weighted by Crippen LogP contribution is -2.40. The number of carbonyl (C=O) groups excluding carboxylic acids is 1. The number of anilines is 1. The number of hydrogen-bond acceptors (Lipinski definition) is 6. The van der Waals surface area contributed by atoms with Gasteiger partial charge in [0.05, 0.1) is 16.8 Å². The molecule has 0 aliphatic carbocycles. The Labute approximate surface area is 188 Å². The van der Waals surface area contributed by atoms with E-state index in [4.69, 9.17) is 4.74 Å². The number of methoxy groups -OCH3 is 1. The average molecular weight is 447 g/mol. The highest BCUT2D eigenvalue weighted by Crippen LogP contribution is 2.31. The third kappa shape index (κ3) is 3.56. The standard InChI is InChI=1S/C24H22N4O3S/c1-15-25-22-23(32-15)21(17-8-5-10-18(13-17)31-2)26-28(24(22)30)14-20(29)27-12-6-9-16-7-3-4-11-19(16)27/h3-5,7-8,10-11,13H,6,9,12,14H2,1-2H3. The minimum atomic E-state index is -0.352. The lowest BCUT2D eigenvalue weighted by molar-refractivity contribution is -0.119. The van der Waals surface area contributed by atoms with Crippen molar-refractivity contribution < 1.29 is 9.53 Å². The van der Waals surface area contributed by atoms with Crippen molar-refractivity contribution in [3.05, 3.63) is 69.5 Å². The van der Waals surface area contributed by atoms with Gasteiger partial charge in [-0.3, -0.25) is 9.59 Å². The molecule has 4 aromatic rings. The van der Waals surface area contributed by atoms with Crippen LogP contribution in [0.5, 0.6) is 5.75 Å². The molecule has 0 unspecified atom stereocenters. The molecule has 1 amide bonds. The number of fused-ring (bicyclic) bond motifs is 2. The first-order chi connectivity index (χ1) is 15.5. The molecule has 0 atom stereocenters. The molecule has 2 aromatic heterocycles. The summed E-state index contributed by atoms with van der Waals surface area (Å²) in [6, 6.07) is 15.4. The lowest BCUT2D eigenvalue weighted by atomic mass is 10.0. The van der Waals surface area contributed by atoms with Crippen LogP contribution in [0.3, 0.4) is 0 Å². The van der Waals surface area contributed by atoms with Crippen molar-refractivity contribution in [2.45, 2.75) is 26.3 Å². The molecule has 0 fully saturated rings. The van der Waals surface area contributed by atoms with E-state index in [1.165, 1.54) is 16.0 Å². The van der Waals surface area contributed by atoms with Crippen LogP contribution in [0.4, 0.5) is 5.69 Å². The number of aryl methyl sites for hydroxylation is 2. The fourth-order valence-corrected chi connectivity index (χ4v) is 5.06. The molecular weight excluding hydrogens is 424 g/mol. The van der Waals surface area contributed by atoms with Gasteiger partial charge in [-0.05, 0) is 43.5 Å². The number of rotatable bonds is 4. The van der Waals surface area contributed by atoms with Gasteiger partial charge in [-0.15, -0.1) is 11.3 Å². The van der Waals surface area contributed by atoms with Crippen LogP contribution in [-0.4, -0.2) is 34.3 Å².